The first-order valence-corrected chi connectivity index (χ1v) is 5.25. The van der Waals surface area contributed by atoms with Crippen molar-refractivity contribution in [3.05, 3.63) is 0 Å². The van der Waals surface area contributed by atoms with Crippen molar-refractivity contribution in [3.8, 4) is 0 Å². The van der Waals surface area contributed by atoms with Crippen LogP contribution in [0.15, 0.2) is 0 Å². The number of hydrogen-bond donors (Lipinski definition) is 0. The lowest BCUT2D eigenvalue weighted by molar-refractivity contribution is -0.109. The molecule has 1 aliphatic rings. The number of carbonyl (C=O) groups is 1. The molecule has 6 heteroatoms. The SMILES string of the molecule is O=C1CC(=S(=O)=O)SS1. The summed E-state index contributed by atoms with van der Waals surface area (Å²) in [6, 6.07) is 0. The van der Waals surface area contributed by atoms with E-state index < -0.39 is 10.3 Å². The average molecular weight is 182 g/mol. The maximum atomic E-state index is 10.4. The van der Waals surface area contributed by atoms with Crippen LogP contribution in [0.5, 0.6) is 0 Å². The standard InChI is InChI=1S/C3H2O3S3/c4-2-1-3(8-7-2)9(5)6/h1H2. The van der Waals surface area contributed by atoms with Crippen molar-refractivity contribution >= 4 is 41.2 Å². The lowest BCUT2D eigenvalue weighted by atomic mass is 10.5. The Kier molecular flexibility index (Phi) is 2.20. The maximum absolute atomic E-state index is 10.4. The third-order valence-corrected chi connectivity index (χ3v) is 4.35. The van der Waals surface area contributed by atoms with Gasteiger partial charge in [-0.05, 0) is 21.6 Å². The van der Waals surface area contributed by atoms with Crippen molar-refractivity contribution in [2.24, 2.45) is 0 Å². The zero-order chi connectivity index (χ0) is 6.85. The summed E-state index contributed by atoms with van der Waals surface area (Å²) in [6.07, 6.45) is 0.0748. The molecule has 0 aromatic heterocycles. The normalized spacial score (nSPS) is 18.7. The second kappa shape index (κ2) is 2.76. The predicted molar refractivity (Wildman–Crippen MR) is 38.7 cm³/mol. The Hall–Kier alpha value is 0.0600. The molecule has 0 aromatic rings. The zero-order valence-electron chi connectivity index (χ0n) is 4.16. The van der Waals surface area contributed by atoms with E-state index in [-0.39, 0.29) is 15.7 Å². The van der Waals surface area contributed by atoms with Gasteiger partial charge in [-0.25, -0.2) is 0 Å². The van der Waals surface area contributed by atoms with Gasteiger partial charge in [-0.1, -0.05) is 0 Å². The van der Waals surface area contributed by atoms with Crippen LogP contribution < -0.4 is 0 Å². The van der Waals surface area contributed by atoms with Crippen LogP contribution in [0.3, 0.4) is 0 Å². The highest BCUT2D eigenvalue weighted by Crippen LogP contribution is 2.33. The molecule has 0 spiro atoms. The third-order valence-electron chi connectivity index (χ3n) is 0.702. The minimum atomic E-state index is -2.17. The molecule has 0 radical (unpaired) electrons. The van der Waals surface area contributed by atoms with Crippen LogP contribution in [0.25, 0.3) is 0 Å². The van der Waals surface area contributed by atoms with Crippen molar-refractivity contribution in [3.63, 3.8) is 0 Å². The lowest BCUT2D eigenvalue weighted by Gasteiger charge is -1.73. The van der Waals surface area contributed by atoms with Crippen LogP contribution in [0.2, 0.25) is 0 Å². The van der Waals surface area contributed by atoms with E-state index in [1.165, 1.54) is 0 Å². The van der Waals surface area contributed by atoms with E-state index >= 15 is 0 Å². The summed E-state index contributed by atoms with van der Waals surface area (Å²) in [5.41, 5.74) is 0. The zero-order valence-corrected chi connectivity index (χ0v) is 6.61. The van der Waals surface area contributed by atoms with Crippen LogP contribution in [0.1, 0.15) is 6.42 Å². The van der Waals surface area contributed by atoms with E-state index in [4.69, 9.17) is 0 Å². The Morgan fingerprint density at radius 1 is 1.33 bits per heavy atom. The molecule has 9 heavy (non-hydrogen) atoms. The molecule has 0 aliphatic carbocycles. The topological polar surface area (TPSA) is 51.2 Å². The molecule has 0 unspecified atom stereocenters. The van der Waals surface area contributed by atoms with Gasteiger partial charge in [0.05, 0.1) is 6.42 Å². The molecule has 1 heterocycles. The number of rotatable bonds is 0. The fourth-order valence-corrected chi connectivity index (χ4v) is 3.31. The van der Waals surface area contributed by atoms with E-state index in [0.29, 0.717) is 0 Å². The minimum absolute atomic E-state index is 0.0748. The number of hydrogen-bond acceptors (Lipinski definition) is 5. The fraction of sp³-hybridized carbons (Fsp3) is 0.333. The van der Waals surface area contributed by atoms with E-state index in [9.17, 15) is 13.2 Å². The predicted octanol–water partition coefficient (Wildman–Crippen LogP) is 0.307. The summed E-state index contributed by atoms with van der Waals surface area (Å²) in [6.45, 7) is 0. The molecule has 0 bridgehead atoms. The summed E-state index contributed by atoms with van der Waals surface area (Å²) in [5, 5.41) is -0.0841. The van der Waals surface area contributed by atoms with E-state index in [2.05, 4.69) is 0 Å². The second-order valence-corrected chi connectivity index (χ2v) is 4.82. The Morgan fingerprint density at radius 2 is 2.00 bits per heavy atom. The highest BCUT2D eigenvalue weighted by Gasteiger charge is 2.19. The lowest BCUT2D eigenvalue weighted by Crippen LogP contribution is -1.89. The second-order valence-electron chi connectivity index (χ2n) is 1.32. The van der Waals surface area contributed by atoms with Gasteiger partial charge in [0.15, 0.2) is 0 Å². The van der Waals surface area contributed by atoms with Gasteiger partial charge >= 0.3 is 0 Å². The van der Waals surface area contributed by atoms with Crippen molar-refractivity contribution in [2.45, 2.75) is 6.42 Å². The van der Waals surface area contributed by atoms with E-state index in [1.54, 1.807) is 0 Å². The molecular formula is C3H2O3S3. The van der Waals surface area contributed by atoms with Gasteiger partial charge < -0.3 is 0 Å². The Morgan fingerprint density at radius 3 is 2.22 bits per heavy atom. The molecule has 3 nitrogen and oxygen atoms in total. The first-order chi connectivity index (χ1) is 4.20. The van der Waals surface area contributed by atoms with Crippen LogP contribution in [0.4, 0.5) is 0 Å². The largest absolute Gasteiger partial charge is 0.286 e. The van der Waals surface area contributed by atoms with Gasteiger partial charge in [-0.2, -0.15) is 8.42 Å². The molecule has 1 rings (SSSR count). The smallest absolute Gasteiger partial charge is 0.225 e. The first kappa shape index (κ1) is 7.17. The molecule has 0 atom stereocenters. The molecular weight excluding hydrogens is 180 g/mol. The summed E-state index contributed by atoms with van der Waals surface area (Å²) in [7, 11) is -0.163. The van der Waals surface area contributed by atoms with Gasteiger partial charge in [-0.3, -0.25) is 4.79 Å². The van der Waals surface area contributed by atoms with Gasteiger partial charge in [0.2, 0.25) is 15.4 Å². The molecule has 0 N–H and O–H groups in total. The highest BCUT2D eigenvalue weighted by atomic mass is 33.1. The first-order valence-electron chi connectivity index (χ1n) is 2.02. The summed E-state index contributed by atoms with van der Waals surface area (Å²) >= 11 is 0. The van der Waals surface area contributed by atoms with Crippen molar-refractivity contribution in [2.75, 3.05) is 0 Å². The van der Waals surface area contributed by atoms with Gasteiger partial charge in [0, 0.05) is 0 Å². The monoisotopic (exact) mass is 182 g/mol. The quantitative estimate of drug-likeness (QED) is 0.398. The van der Waals surface area contributed by atoms with E-state index in [0.717, 1.165) is 21.6 Å². The van der Waals surface area contributed by atoms with Crippen molar-refractivity contribution < 1.29 is 13.2 Å². The third kappa shape index (κ3) is 1.74. The van der Waals surface area contributed by atoms with E-state index in [1.807, 2.05) is 0 Å². The molecule has 0 saturated carbocycles. The summed E-state index contributed by atoms with van der Waals surface area (Å²) < 4.78 is 20.5. The highest BCUT2D eigenvalue weighted by molar-refractivity contribution is 8.89. The van der Waals surface area contributed by atoms with Gasteiger partial charge in [0.1, 0.15) is 4.20 Å². The maximum Gasteiger partial charge on any atom is 0.225 e. The minimum Gasteiger partial charge on any atom is -0.286 e. The van der Waals surface area contributed by atoms with Gasteiger partial charge in [0.25, 0.3) is 0 Å². The van der Waals surface area contributed by atoms with Crippen LogP contribution >= 0.6 is 21.6 Å². The Bertz CT molecular complexity index is 254. The molecule has 1 fully saturated rings. The van der Waals surface area contributed by atoms with Crippen molar-refractivity contribution in [1.82, 2.24) is 0 Å². The Labute approximate surface area is 61.1 Å². The van der Waals surface area contributed by atoms with Crippen LogP contribution in [-0.4, -0.2) is 17.7 Å². The van der Waals surface area contributed by atoms with Crippen LogP contribution in [0, 0.1) is 0 Å². The fourth-order valence-electron chi connectivity index (χ4n) is 0.356. The molecule has 0 aromatic carbocycles. The number of carbonyl (C=O) groups excluding carboxylic acids is 1. The van der Waals surface area contributed by atoms with Crippen LogP contribution in [-0.2, 0) is 15.1 Å². The molecule has 1 saturated heterocycles. The van der Waals surface area contributed by atoms with Gasteiger partial charge in [-0.15, -0.1) is 0 Å². The summed E-state index contributed by atoms with van der Waals surface area (Å²) in [4.78, 5) is 10.4. The average Bonchev–Trinajstić information content (AvgIpc) is 2.14. The molecule has 50 valence electrons. The molecule has 1 aliphatic heterocycles. The summed E-state index contributed by atoms with van der Waals surface area (Å²) in [5.74, 6) is 0. The molecule has 0 amide bonds. The van der Waals surface area contributed by atoms with Crippen molar-refractivity contribution in [1.29, 1.82) is 0 Å². The Balaban J connectivity index is 2.94.